The van der Waals surface area contributed by atoms with Crippen LogP contribution in [0.25, 0.3) is 0 Å². The number of rotatable bonds is 5. The lowest BCUT2D eigenvalue weighted by Gasteiger charge is -2.52. The molecule has 1 fully saturated rings. The largest absolute Gasteiger partial charge is 0.407 e. The van der Waals surface area contributed by atoms with Gasteiger partial charge in [-0.05, 0) is 36.5 Å². The molecule has 0 saturated carbocycles. The van der Waals surface area contributed by atoms with E-state index in [1.54, 1.807) is 11.8 Å². The molecule has 0 radical (unpaired) electrons. The van der Waals surface area contributed by atoms with Crippen LogP contribution in [0.15, 0.2) is 12.3 Å². The van der Waals surface area contributed by atoms with Crippen LogP contribution in [-0.4, -0.2) is 49.8 Å². The van der Waals surface area contributed by atoms with Gasteiger partial charge in [-0.2, -0.15) is 0 Å². The zero-order valence-electron chi connectivity index (χ0n) is 17.9. The maximum absolute atomic E-state index is 12.1. The Labute approximate surface area is 160 Å². The van der Waals surface area contributed by atoms with E-state index in [0.29, 0.717) is 23.2 Å². The van der Waals surface area contributed by atoms with E-state index < -0.39 is 14.1 Å². The third kappa shape index (κ3) is 3.93. The highest BCUT2D eigenvalue weighted by molar-refractivity contribution is 6.77. The van der Waals surface area contributed by atoms with Gasteiger partial charge in [0.25, 0.3) is 0 Å². The molecule has 3 atom stereocenters. The van der Waals surface area contributed by atoms with Crippen LogP contribution in [0.2, 0.25) is 16.6 Å². The minimum absolute atomic E-state index is 0.00157. The summed E-state index contributed by atoms with van der Waals surface area (Å²) >= 11 is 0. The predicted octanol–water partition coefficient (Wildman–Crippen LogP) is 4.44. The number of fused-ring (bicyclic) bond motifs is 1. The predicted molar refractivity (Wildman–Crippen MR) is 106 cm³/mol. The number of nitrogens with zero attached hydrogens (tertiary/aromatic N) is 1. The van der Waals surface area contributed by atoms with Crippen molar-refractivity contribution in [3.63, 3.8) is 0 Å². The molecule has 0 aliphatic carbocycles. The number of amides is 1. The minimum Gasteiger partial charge on any atom is -0.407 e. The maximum Gasteiger partial charge on any atom is 0.223 e. The Kier molecular flexibility index (Phi) is 6.43. The topological polar surface area (TPSA) is 48.0 Å². The quantitative estimate of drug-likeness (QED) is 0.658. The van der Waals surface area contributed by atoms with E-state index in [4.69, 9.17) is 13.9 Å². The standard InChI is InChI=1S/C20H37NO4Si/c1-13(2)26(14(3)4,15(5)6)25-18-10-11-21(16(7)22)17-12-23-20(8,9)24-19(17)18/h10-11,13-15,17-19H,12H2,1-9H3/t17-,18+,19+/m0/s1. The molecule has 150 valence electrons. The smallest absolute Gasteiger partial charge is 0.223 e. The Balaban J connectivity index is 2.40. The molecule has 26 heavy (non-hydrogen) atoms. The van der Waals surface area contributed by atoms with Gasteiger partial charge in [0.1, 0.15) is 6.10 Å². The second kappa shape index (κ2) is 7.74. The van der Waals surface area contributed by atoms with Gasteiger partial charge < -0.3 is 18.8 Å². The molecule has 0 aromatic rings. The molecule has 5 nitrogen and oxygen atoms in total. The van der Waals surface area contributed by atoms with E-state index in [-0.39, 0.29) is 24.2 Å². The summed E-state index contributed by atoms with van der Waals surface area (Å²) in [4.78, 5) is 13.8. The Morgan fingerprint density at radius 2 is 1.69 bits per heavy atom. The van der Waals surface area contributed by atoms with Gasteiger partial charge in [0, 0.05) is 13.1 Å². The summed E-state index contributed by atoms with van der Waals surface area (Å²) in [7, 11) is -2.06. The normalized spacial score (nSPS) is 28.8. The first-order valence-corrected chi connectivity index (χ1v) is 12.0. The van der Waals surface area contributed by atoms with E-state index >= 15 is 0 Å². The first-order valence-electron chi connectivity index (χ1n) is 9.89. The monoisotopic (exact) mass is 383 g/mol. The van der Waals surface area contributed by atoms with Crippen molar-refractivity contribution in [1.82, 2.24) is 4.90 Å². The summed E-state index contributed by atoms with van der Waals surface area (Å²) in [5.41, 5.74) is 1.48. The van der Waals surface area contributed by atoms with Crippen molar-refractivity contribution >= 4 is 14.2 Å². The molecule has 2 heterocycles. The lowest BCUT2D eigenvalue weighted by Crippen LogP contribution is -2.63. The summed E-state index contributed by atoms with van der Waals surface area (Å²) in [6.07, 6.45) is 3.51. The maximum atomic E-state index is 12.1. The van der Waals surface area contributed by atoms with Gasteiger partial charge in [0.05, 0.1) is 18.8 Å². The van der Waals surface area contributed by atoms with Crippen LogP contribution in [0.5, 0.6) is 0 Å². The summed E-state index contributed by atoms with van der Waals surface area (Å²) < 4.78 is 19.1. The van der Waals surface area contributed by atoms with Gasteiger partial charge in [0.15, 0.2) is 5.79 Å². The summed E-state index contributed by atoms with van der Waals surface area (Å²) in [5.74, 6) is -0.671. The van der Waals surface area contributed by atoms with Gasteiger partial charge in [-0.15, -0.1) is 0 Å². The second-order valence-electron chi connectivity index (χ2n) is 9.03. The molecule has 0 N–H and O–H groups in total. The Morgan fingerprint density at radius 3 is 2.15 bits per heavy atom. The van der Waals surface area contributed by atoms with Gasteiger partial charge in [0.2, 0.25) is 14.2 Å². The van der Waals surface area contributed by atoms with Crippen molar-refractivity contribution in [3.05, 3.63) is 12.3 Å². The third-order valence-corrected chi connectivity index (χ3v) is 12.0. The van der Waals surface area contributed by atoms with E-state index in [2.05, 4.69) is 41.5 Å². The highest BCUT2D eigenvalue weighted by Crippen LogP contribution is 2.45. The summed E-state index contributed by atoms with van der Waals surface area (Å²) in [5, 5.41) is 0. The van der Waals surface area contributed by atoms with Crippen molar-refractivity contribution in [3.8, 4) is 0 Å². The van der Waals surface area contributed by atoms with Gasteiger partial charge in [-0.3, -0.25) is 4.79 Å². The average molecular weight is 384 g/mol. The Hall–Kier alpha value is -0.693. The van der Waals surface area contributed by atoms with Crippen molar-refractivity contribution in [2.45, 2.75) is 103 Å². The summed E-state index contributed by atoms with van der Waals surface area (Å²) in [6.45, 7) is 19.6. The first kappa shape index (κ1) is 21.6. The lowest BCUT2D eigenvalue weighted by molar-refractivity contribution is -0.302. The molecule has 1 amide bonds. The third-order valence-electron chi connectivity index (χ3n) is 5.93. The van der Waals surface area contributed by atoms with Crippen molar-refractivity contribution in [2.24, 2.45) is 0 Å². The fourth-order valence-electron chi connectivity index (χ4n) is 4.83. The van der Waals surface area contributed by atoms with E-state index in [9.17, 15) is 4.79 Å². The van der Waals surface area contributed by atoms with E-state index in [1.165, 1.54) is 0 Å². The van der Waals surface area contributed by atoms with Crippen LogP contribution >= 0.6 is 0 Å². The molecule has 2 aliphatic heterocycles. The number of carbonyl (C=O) groups excluding carboxylic acids is 1. The summed E-state index contributed by atoms with van der Waals surface area (Å²) in [6, 6.07) is -0.145. The average Bonchev–Trinajstić information content (AvgIpc) is 2.50. The molecular formula is C20H37NO4Si. The molecule has 0 aromatic heterocycles. The molecule has 1 saturated heterocycles. The number of hydrogen-bond acceptors (Lipinski definition) is 4. The first-order chi connectivity index (χ1) is 11.9. The van der Waals surface area contributed by atoms with Crippen LogP contribution in [0.3, 0.4) is 0 Å². The van der Waals surface area contributed by atoms with Crippen molar-refractivity contribution in [2.75, 3.05) is 6.61 Å². The highest BCUT2D eigenvalue weighted by atomic mass is 28.4. The second-order valence-corrected chi connectivity index (χ2v) is 14.4. The van der Waals surface area contributed by atoms with Crippen LogP contribution in [0, 0.1) is 0 Å². The molecule has 2 aliphatic rings. The van der Waals surface area contributed by atoms with Crippen LogP contribution < -0.4 is 0 Å². The zero-order chi connectivity index (χ0) is 19.9. The molecule has 0 aromatic carbocycles. The van der Waals surface area contributed by atoms with Gasteiger partial charge in [-0.1, -0.05) is 41.5 Å². The molecule has 6 heteroatoms. The number of carbonyl (C=O) groups is 1. The van der Waals surface area contributed by atoms with E-state index in [0.717, 1.165) is 0 Å². The lowest BCUT2D eigenvalue weighted by atomic mass is 9.99. The van der Waals surface area contributed by atoms with E-state index in [1.807, 2.05) is 26.1 Å². The van der Waals surface area contributed by atoms with Crippen molar-refractivity contribution < 1.29 is 18.7 Å². The molecule has 0 unspecified atom stereocenters. The molecule has 0 bridgehead atoms. The van der Waals surface area contributed by atoms with Crippen LogP contribution in [0.4, 0.5) is 0 Å². The van der Waals surface area contributed by atoms with Crippen LogP contribution in [0.1, 0.15) is 62.3 Å². The zero-order valence-corrected chi connectivity index (χ0v) is 18.9. The Morgan fingerprint density at radius 1 is 1.15 bits per heavy atom. The van der Waals surface area contributed by atoms with Gasteiger partial charge >= 0.3 is 0 Å². The number of hydrogen-bond donors (Lipinski definition) is 0. The van der Waals surface area contributed by atoms with Gasteiger partial charge in [-0.25, -0.2) is 0 Å². The fraction of sp³-hybridized carbons (Fsp3) is 0.850. The van der Waals surface area contributed by atoms with Crippen LogP contribution in [-0.2, 0) is 18.7 Å². The molecule has 0 spiro atoms. The SMILES string of the molecule is CC(=O)N1C=C[C@@H](O[Si](C(C)C)(C(C)C)C(C)C)[C@@H]2OC(C)(C)OC[C@@H]21. The van der Waals surface area contributed by atoms with Crippen molar-refractivity contribution in [1.29, 1.82) is 0 Å². The number of ether oxygens (including phenoxy) is 2. The minimum atomic E-state index is -2.06. The highest BCUT2D eigenvalue weighted by Gasteiger charge is 2.51. The molecular weight excluding hydrogens is 346 g/mol. The fourth-order valence-corrected chi connectivity index (χ4v) is 10.3. The Bertz CT molecular complexity index is 522. The molecule has 2 rings (SSSR count).